The van der Waals surface area contributed by atoms with E-state index in [2.05, 4.69) is 24.2 Å². The summed E-state index contributed by atoms with van der Waals surface area (Å²) < 4.78 is 11.2. The summed E-state index contributed by atoms with van der Waals surface area (Å²) in [6.07, 6.45) is 3.73. The van der Waals surface area contributed by atoms with Crippen molar-refractivity contribution in [3.63, 3.8) is 0 Å². The van der Waals surface area contributed by atoms with Crippen LogP contribution in [0.15, 0.2) is 0 Å². The number of ether oxygens (including phenoxy) is 2. The van der Waals surface area contributed by atoms with Gasteiger partial charge in [-0.1, -0.05) is 6.92 Å². The van der Waals surface area contributed by atoms with Gasteiger partial charge in [-0.15, -0.1) is 0 Å². The SMILES string of the molecule is CCNCC1(CN(C)CC2CCCOC2)CCOC1. The maximum Gasteiger partial charge on any atom is 0.0547 e. The van der Waals surface area contributed by atoms with Crippen LogP contribution in [-0.4, -0.2) is 64.6 Å². The smallest absolute Gasteiger partial charge is 0.0547 e. The van der Waals surface area contributed by atoms with Crippen LogP contribution in [0, 0.1) is 11.3 Å². The van der Waals surface area contributed by atoms with Gasteiger partial charge in [-0.05, 0) is 38.8 Å². The molecule has 1 N–H and O–H groups in total. The first-order chi connectivity index (χ1) is 9.24. The van der Waals surface area contributed by atoms with Gasteiger partial charge < -0.3 is 19.7 Å². The Morgan fingerprint density at radius 3 is 2.84 bits per heavy atom. The minimum atomic E-state index is 0.320. The first-order valence-electron chi connectivity index (χ1n) is 7.79. The molecule has 0 radical (unpaired) electrons. The third kappa shape index (κ3) is 4.71. The summed E-state index contributed by atoms with van der Waals surface area (Å²) in [5, 5.41) is 3.51. The van der Waals surface area contributed by atoms with E-state index in [1.165, 1.54) is 19.3 Å². The summed E-state index contributed by atoms with van der Waals surface area (Å²) in [7, 11) is 2.25. The Hall–Kier alpha value is -0.160. The number of hydrogen-bond donors (Lipinski definition) is 1. The Bertz CT molecular complexity index is 249. The summed E-state index contributed by atoms with van der Waals surface area (Å²) in [5.41, 5.74) is 0.320. The standard InChI is InChI=1S/C15H30N2O2/c1-3-16-11-15(6-8-19-13-15)12-17(2)9-14-5-4-7-18-10-14/h14,16H,3-13H2,1-2H3. The molecular weight excluding hydrogens is 240 g/mol. The summed E-state index contributed by atoms with van der Waals surface area (Å²) in [4.78, 5) is 2.49. The van der Waals surface area contributed by atoms with Gasteiger partial charge in [0.25, 0.3) is 0 Å². The van der Waals surface area contributed by atoms with Gasteiger partial charge in [0.2, 0.25) is 0 Å². The summed E-state index contributed by atoms with van der Waals surface area (Å²) in [5.74, 6) is 0.720. The molecule has 0 spiro atoms. The number of rotatable bonds is 7. The molecule has 2 fully saturated rings. The third-order valence-corrected chi connectivity index (χ3v) is 4.36. The van der Waals surface area contributed by atoms with Crippen molar-refractivity contribution in [2.45, 2.75) is 26.2 Å². The van der Waals surface area contributed by atoms with Crippen molar-refractivity contribution in [1.29, 1.82) is 0 Å². The molecule has 0 bridgehead atoms. The zero-order chi connectivity index (χ0) is 13.6. The molecule has 0 saturated carbocycles. The van der Waals surface area contributed by atoms with Gasteiger partial charge in [-0.3, -0.25) is 0 Å². The van der Waals surface area contributed by atoms with Crippen molar-refractivity contribution in [2.75, 3.05) is 59.7 Å². The van der Waals surface area contributed by atoms with Crippen molar-refractivity contribution in [3.05, 3.63) is 0 Å². The van der Waals surface area contributed by atoms with Gasteiger partial charge in [-0.2, -0.15) is 0 Å². The third-order valence-electron chi connectivity index (χ3n) is 4.36. The van der Waals surface area contributed by atoms with Gasteiger partial charge in [0.15, 0.2) is 0 Å². The molecular formula is C15H30N2O2. The Balaban J connectivity index is 1.78. The van der Waals surface area contributed by atoms with E-state index in [1.54, 1.807) is 0 Å². The molecule has 0 aliphatic carbocycles. The van der Waals surface area contributed by atoms with Crippen molar-refractivity contribution in [1.82, 2.24) is 10.2 Å². The molecule has 2 saturated heterocycles. The Labute approximate surface area is 117 Å². The molecule has 2 heterocycles. The van der Waals surface area contributed by atoms with Crippen LogP contribution < -0.4 is 5.32 Å². The molecule has 4 heteroatoms. The van der Waals surface area contributed by atoms with Crippen LogP contribution in [-0.2, 0) is 9.47 Å². The summed E-state index contributed by atoms with van der Waals surface area (Å²) >= 11 is 0. The van der Waals surface area contributed by atoms with E-state index in [0.29, 0.717) is 5.41 Å². The Morgan fingerprint density at radius 2 is 2.21 bits per heavy atom. The second kappa shape index (κ2) is 7.58. The van der Waals surface area contributed by atoms with E-state index in [4.69, 9.17) is 9.47 Å². The van der Waals surface area contributed by atoms with E-state index in [-0.39, 0.29) is 0 Å². The normalized spacial score (nSPS) is 32.1. The quantitative estimate of drug-likeness (QED) is 0.757. The summed E-state index contributed by atoms with van der Waals surface area (Å²) in [6.45, 7) is 10.3. The molecule has 112 valence electrons. The molecule has 4 nitrogen and oxygen atoms in total. The maximum atomic E-state index is 5.66. The zero-order valence-corrected chi connectivity index (χ0v) is 12.6. The van der Waals surface area contributed by atoms with Crippen LogP contribution in [0.25, 0.3) is 0 Å². The van der Waals surface area contributed by atoms with Crippen LogP contribution >= 0.6 is 0 Å². The maximum absolute atomic E-state index is 5.66. The van der Waals surface area contributed by atoms with Gasteiger partial charge in [0.1, 0.15) is 0 Å². The molecule has 2 atom stereocenters. The molecule has 2 aliphatic heterocycles. The second-order valence-electron chi connectivity index (χ2n) is 6.36. The monoisotopic (exact) mass is 270 g/mol. The highest BCUT2D eigenvalue weighted by atomic mass is 16.5. The fraction of sp³-hybridized carbons (Fsp3) is 1.00. The van der Waals surface area contributed by atoms with Crippen LogP contribution in [0.2, 0.25) is 0 Å². The highest BCUT2D eigenvalue weighted by molar-refractivity contribution is 4.88. The van der Waals surface area contributed by atoms with Crippen molar-refractivity contribution < 1.29 is 9.47 Å². The molecule has 2 aliphatic rings. The van der Waals surface area contributed by atoms with Crippen LogP contribution in [0.4, 0.5) is 0 Å². The minimum absolute atomic E-state index is 0.320. The molecule has 2 unspecified atom stereocenters. The van der Waals surface area contributed by atoms with Gasteiger partial charge in [0, 0.05) is 38.3 Å². The largest absolute Gasteiger partial charge is 0.381 e. The van der Waals surface area contributed by atoms with Gasteiger partial charge >= 0.3 is 0 Å². The summed E-state index contributed by atoms with van der Waals surface area (Å²) in [6, 6.07) is 0. The lowest BCUT2D eigenvalue weighted by molar-refractivity contribution is 0.0339. The second-order valence-corrected chi connectivity index (χ2v) is 6.36. The van der Waals surface area contributed by atoms with Gasteiger partial charge in [-0.25, -0.2) is 0 Å². The molecule has 0 aromatic heterocycles. The number of nitrogens with one attached hydrogen (secondary N) is 1. The average Bonchev–Trinajstić information content (AvgIpc) is 2.86. The molecule has 19 heavy (non-hydrogen) atoms. The fourth-order valence-electron chi connectivity index (χ4n) is 3.39. The van der Waals surface area contributed by atoms with Crippen LogP contribution in [0.5, 0.6) is 0 Å². The lowest BCUT2D eigenvalue weighted by Gasteiger charge is -2.35. The Kier molecular flexibility index (Phi) is 6.07. The molecule has 0 aromatic rings. The van der Waals surface area contributed by atoms with Crippen LogP contribution in [0.3, 0.4) is 0 Å². The van der Waals surface area contributed by atoms with Crippen LogP contribution in [0.1, 0.15) is 26.2 Å². The minimum Gasteiger partial charge on any atom is -0.381 e. The highest BCUT2D eigenvalue weighted by Gasteiger charge is 2.35. The van der Waals surface area contributed by atoms with Crippen molar-refractivity contribution in [2.24, 2.45) is 11.3 Å². The lowest BCUT2D eigenvalue weighted by atomic mass is 9.86. The van der Waals surface area contributed by atoms with Gasteiger partial charge in [0.05, 0.1) is 13.2 Å². The molecule has 2 rings (SSSR count). The fourth-order valence-corrected chi connectivity index (χ4v) is 3.39. The van der Waals surface area contributed by atoms with E-state index in [0.717, 1.165) is 58.5 Å². The first kappa shape index (κ1) is 15.2. The number of nitrogens with zero attached hydrogens (tertiary/aromatic N) is 1. The first-order valence-corrected chi connectivity index (χ1v) is 7.79. The Morgan fingerprint density at radius 1 is 1.32 bits per heavy atom. The average molecular weight is 270 g/mol. The van der Waals surface area contributed by atoms with E-state index < -0.39 is 0 Å². The molecule has 0 aromatic carbocycles. The predicted octanol–water partition coefficient (Wildman–Crippen LogP) is 1.36. The van der Waals surface area contributed by atoms with E-state index in [1.807, 2.05) is 0 Å². The highest BCUT2D eigenvalue weighted by Crippen LogP contribution is 2.29. The molecule has 0 amide bonds. The number of hydrogen-bond acceptors (Lipinski definition) is 4. The van der Waals surface area contributed by atoms with Crippen molar-refractivity contribution >= 4 is 0 Å². The van der Waals surface area contributed by atoms with E-state index >= 15 is 0 Å². The topological polar surface area (TPSA) is 33.7 Å². The van der Waals surface area contributed by atoms with Crippen molar-refractivity contribution in [3.8, 4) is 0 Å². The zero-order valence-electron chi connectivity index (χ0n) is 12.6. The van der Waals surface area contributed by atoms with E-state index in [9.17, 15) is 0 Å². The predicted molar refractivity (Wildman–Crippen MR) is 77.5 cm³/mol. The lowest BCUT2D eigenvalue weighted by Crippen LogP contribution is -2.45.